The van der Waals surface area contributed by atoms with Gasteiger partial charge in [0.15, 0.2) is 0 Å². The number of phenolic OH excluding ortho intramolecular Hbond substituents is 1. The van der Waals surface area contributed by atoms with Crippen molar-refractivity contribution in [2.24, 2.45) is 5.84 Å². The predicted octanol–water partition coefficient (Wildman–Crippen LogP) is 1.04. The van der Waals surface area contributed by atoms with E-state index in [0.717, 1.165) is 6.42 Å². The molecule has 0 aromatic heterocycles. The smallest absolute Gasteiger partial charge is 0.394 e. The van der Waals surface area contributed by atoms with Gasteiger partial charge in [0.2, 0.25) is 0 Å². The molecule has 9 nitrogen and oxygen atoms in total. The zero-order valence-corrected chi connectivity index (χ0v) is 14.1. The topological polar surface area (TPSA) is 159 Å². The van der Waals surface area contributed by atoms with Crippen LogP contribution in [0, 0.1) is 0 Å². The van der Waals surface area contributed by atoms with Crippen molar-refractivity contribution in [2.45, 2.75) is 32.6 Å². The zero-order chi connectivity index (χ0) is 18.4. The Bertz CT molecular complexity index is 649. The minimum atomic E-state index is -4.67. The molecule has 132 valence electrons. The van der Waals surface area contributed by atoms with Crippen LogP contribution in [0.1, 0.15) is 43.1 Å². The predicted molar refractivity (Wildman–Crippen MR) is 83.8 cm³/mol. The fourth-order valence-electron chi connectivity index (χ4n) is 1.68. The van der Waals surface area contributed by atoms with Crippen LogP contribution in [0.5, 0.6) is 11.5 Å². The van der Waals surface area contributed by atoms with E-state index in [0.29, 0.717) is 11.3 Å². The number of nitrogen functional groups attached to an aromatic ring is 1. The van der Waals surface area contributed by atoms with Gasteiger partial charge in [0, 0.05) is 5.56 Å². The quantitative estimate of drug-likeness (QED) is 0.233. The number of carbonyl (C=O) groups excluding carboxylic acids is 1. The molecular formula is C13H22N2O7S. The second-order valence-corrected chi connectivity index (χ2v) is 6.13. The number of hydrogen-bond acceptors (Lipinski definition) is 6. The van der Waals surface area contributed by atoms with Gasteiger partial charge in [-0.2, -0.15) is 8.42 Å². The minimum absolute atomic E-state index is 0.0504. The van der Waals surface area contributed by atoms with Crippen molar-refractivity contribution >= 4 is 16.3 Å². The third-order valence-corrected chi connectivity index (χ3v) is 3.31. The number of hydrazine groups is 1. The number of benzene rings is 1. The summed E-state index contributed by atoms with van der Waals surface area (Å²) in [7, 11) is -3.15. The highest BCUT2D eigenvalue weighted by Crippen LogP contribution is 2.38. The molecule has 0 radical (unpaired) electrons. The van der Waals surface area contributed by atoms with Crippen LogP contribution in [0.2, 0.25) is 0 Å². The third kappa shape index (κ3) is 6.82. The molecule has 1 amide bonds. The summed E-state index contributed by atoms with van der Waals surface area (Å²) in [6, 6.07) is 3.21. The number of nitrogens with one attached hydrogen (secondary N) is 1. The maximum absolute atomic E-state index is 11.6. The van der Waals surface area contributed by atoms with Gasteiger partial charge in [0.25, 0.3) is 5.91 Å². The lowest BCUT2D eigenvalue weighted by Crippen LogP contribution is -2.30. The molecule has 1 rings (SSSR count). The average Bonchev–Trinajstić information content (AvgIpc) is 2.44. The number of amides is 1. The molecule has 1 aromatic rings. The molecule has 23 heavy (non-hydrogen) atoms. The molecule has 0 fully saturated rings. The molecule has 0 aliphatic heterocycles. The molecule has 0 atom stereocenters. The van der Waals surface area contributed by atoms with E-state index in [-0.39, 0.29) is 16.7 Å². The van der Waals surface area contributed by atoms with Crippen LogP contribution in [-0.2, 0) is 15.8 Å². The normalized spacial score (nSPS) is 11.3. The third-order valence-electron chi connectivity index (χ3n) is 3.31. The molecule has 0 saturated heterocycles. The Labute approximate surface area is 135 Å². The summed E-state index contributed by atoms with van der Waals surface area (Å²) in [6.45, 7) is 6.00. The maximum Gasteiger partial charge on any atom is 0.394 e. The van der Waals surface area contributed by atoms with Gasteiger partial charge in [-0.05, 0) is 24.0 Å². The van der Waals surface area contributed by atoms with Crippen molar-refractivity contribution in [3.05, 3.63) is 23.3 Å². The minimum Gasteiger partial charge on any atom is -0.507 e. The number of aromatic hydroxyl groups is 1. The summed E-state index contributed by atoms with van der Waals surface area (Å²) in [5, 5.41) is 10.2. The summed E-state index contributed by atoms with van der Waals surface area (Å²) in [6.07, 6.45) is 0.817. The van der Waals surface area contributed by atoms with E-state index in [4.69, 9.17) is 28.1 Å². The summed E-state index contributed by atoms with van der Waals surface area (Å²) < 4.78 is 36.7. The fourth-order valence-corrected chi connectivity index (χ4v) is 1.68. The first kappa shape index (κ1) is 21.1. The van der Waals surface area contributed by atoms with Crippen molar-refractivity contribution in [1.29, 1.82) is 0 Å². The summed E-state index contributed by atoms with van der Waals surface area (Å²) >= 11 is 0. The fraction of sp³-hybridized carbons (Fsp3) is 0.462. The lowest BCUT2D eigenvalue weighted by molar-refractivity contribution is 0.0950. The number of methoxy groups -OCH3 is 1. The van der Waals surface area contributed by atoms with Gasteiger partial charge in [0.1, 0.15) is 11.5 Å². The summed E-state index contributed by atoms with van der Waals surface area (Å²) in [4.78, 5) is 11.6. The first-order valence-corrected chi connectivity index (χ1v) is 7.89. The Balaban J connectivity index is 0.000000841. The molecule has 0 spiro atoms. The van der Waals surface area contributed by atoms with Crippen molar-refractivity contribution in [3.8, 4) is 11.5 Å². The highest BCUT2D eigenvalue weighted by atomic mass is 32.3. The number of carbonyl (C=O) groups is 1. The summed E-state index contributed by atoms with van der Waals surface area (Å²) in [5.41, 5.74) is 2.54. The second-order valence-electron chi connectivity index (χ2n) is 5.23. The zero-order valence-electron chi connectivity index (χ0n) is 13.3. The van der Waals surface area contributed by atoms with Gasteiger partial charge in [-0.3, -0.25) is 19.3 Å². The highest BCUT2D eigenvalue weighted by Gasteiger charge is 2.26. The van der Waals surface area contributed by atoms with Crippen LogP contribution < -0.4 is 16.0 Å². The van der Waals surface area contributed by atoms with Crippen LogP contribution in [-0.4, -0.2) is 35.6 Å². The van der Waals surface area contributed by atoms with Crippen molar-refractivity contribution in [2.75, 3.05) is 7.11 Å². The van der Waals surface area contributed by atoms with E-state index < -0.39 is 16.3 Å². The lowest BCUT2D eigenvalue weighted by atomic mass is 9.80. The van der Waals surface area contributed by atoms with Gasteiger partial charge < -0.3 is 9.84 Å². The highest BCUT2D eigenvalue weighted by molar-refractivity contribution is 7.79. The Morgan fingerprint density at radius 2 is 1.83 bits per heavy atom. The molecule has 0 saturated carbocycles. The van der Waals surface area contributed by atoms with Gasteiger partial charge >= 0.3 is 10.4 Å². The Hall–Kier alpha value is -1.88. The van der Waals surface area contributed by atoms with Crippen molar-refractivity contribution < 1.29 is 32.2 Å². The molecule has 0 bridgehead atoms. The molecule has 0 aliphatic carbocycles. The molecule has 1 aromatic carbocycles. The van der Waals surface area contributed by atoms with Crippen LogP contribution >= 0.6 is 0 Å². The summed E-state index contributed by atoms with van der Waals surface area (Å²) in [5.74, 6) is 5.03. The van der Waals surface area contributed by atoms with E-state index in [1.165, 1.54) is 13.2 Å². The Kier molecular flexibility index (Phi) is 7.44. The van der Waals surface area contributed by atoms with E-state index in [9.17, 15) is 9.90 Å². The number of nitrogens with two attached hydrogens (primary N) is 1. The largest absolute Gasteiger partial charge is 0.507 e. The van der Waals surface area contributed by atoms with Gasteiger partial charge in [0.05, 0.1) is 12.7 Å². The van der Waals surface area contributed by atoms with Gasteiger partial charge in [-0.1, -0.05) is 20.8 Å². The Morgan fingerprint density at radius 3 is 2.17 bits per heavy atom. The van der Waals surface area contributed by atoms with E-state index in [1.807, 2.05) is 26.2 Å². The molecule has 10 heteroatoms. The molecule has 6 N–H and O–H groups in total. The number of ether oxygens (including phenoxy) is 1. The van der Waals surface area contributed by atoms with E-state index in [1.54, 1.807) is 6.07 Å². The number of hydrogen-bond donors (Lipinski definition) is 5. The second kappa shape index (κ2) is 8.11. The van der Waals surface area contributed by atoms with Crippen LogP contribution in [0.4, 0.5) is 0 Å². The average molecular weight is 350 g/mol. The maximum atomic E-state index is 11.6. The van der Waals surface area contributed by atoms with Gasteiger partial charge in [-0.15, -0.1) is 0 Å². The van der Waals surface area contributed by atoms with E-state index >= 15 is 0 Å². The number of phenols is 1. The van der Waals surface area contributed by atoms with Crippen LogP contribution in [0.25, 0.3) is 0 Å². The first-order chi connectivity index (χ1) is 10.4. The standard InChI is InChI=1S/C13H20N2O3.H2O4S/c1-5-13(2,3)10-7-8(18-4)6-9(11(10)16)12(17)15-14;1-5(2,3)4/h6-7,16H,5,14H2,1-4H3,(H,15,17);(H2,1,2,3,4). The molecule has 0 heterocycles. The Morgan fingerprint density at radius 1 is 1.35 bits per heavy atom. The van der Waals surface area contributed by atoms with E-state index in [2.05, 4.69) is 0 Å². The molecular weight excluding hydrogens is 328 g/mol. The number of rotatable bonds is 4. The molecule has 0 aliphatic rings. The van der Waals surface area contributed by atoms with Gasteiger partial charge in [-0.25, -0.2) is 5.84 Å². The SMILES string of the molecule is CCC(C)(C)c1cc(OC)cc(C(=O)NN)c1O.O=S(=O)(O)O. The lowest BCUT2D eigenvalue weighted by Gasteiger charge is -2.25. The van der Waals surface area contributed by atoms with Crippen LogP contribution in [0.15, 0.2) is 12.1 Å². The van der Waals surface area contributed by atoms with Crippen molar-refractivity contribution in [3.63, 3.8) is 0 Å². The molecule has 0 unspecified atom stereocenters. The monoisotopic (exact) mass is 350 g/mol. The van der Waals surface area contributed by atoms with Crippen molar-refractivity contribution in [1.82, 2.24) is 5.43 Å². The van der Waals surface area contributed by atoms with Crippen LogP contribution in [0.3, 0.4) is 0 Å². The first-order valence-electron chi connectivity index (χ1n) is 6.49.